The molecule has 0 spiro atoms. The molecule has 0 aromatic heterocycles. The van der Waals surface area contributed by atoms with E-state index in [-0.39, 0.29) is 5.78 Å². The molecule has 2 aliphatic carbocycles. The molecule has 1 unspecified atom stereocenters. The standard InChI is InChI=1S/C18H15NO/c20-18-11-17(14-7-3-4-8-15(14)18)19-16-10-9-12-5-1-2-6-13(12)16/h1-8,11,16,19H,9-10H2. The smallest absolute Gasteiger partial charge is 0.188 e. The number of hydrogen-bond acceptors (Lipinski definition) is 2. The number of carbonyl (C=O) groups is 1. The summed E-state index contributed by atoms with van der Waals surface area (Å²) in [7, 11) is 0. The Hall–Kier alpha value is -2.35. The third kappa shape index (κ3) is 1.68. The maximum absolute atomic E-state index is 12.0. The maximum atomic E-state index is 12.0. The topological polar surface area (TPSA) is 29.1 Å². The van der Waals surface area contributed by atoms with Crippen LogP contribution in [-0.2, 0) is 6.42 Å². The van der Waals surface area contributed by atoms with Crippen LogP contribution in [0.5, 0.6) is 0 Å². The summed E-state index contributed by atoms with van der Waals surface area (Å²) in [6, 6.07) is 16.7. The Morgan fingerprint density at radius 1 is 0.950 bits per heavy atom. The van der Waals surface area contributed by atoms with Crippen LogP contribution in [0.3, 0.4) is 0 Å². The van der Waals surface area contributed by atoms with E-state index in [1.807, 2.05) is 24.3 Å². The summed E-state index contributed by atoms with van der Waals surface area (Å²) < 4.78 is 0. The van der Waals surface area contributed by atoms with E-state index >= 15 is 0 Å². The van der Waals surface area contributed by atoms with E-state index in [1.54, 1.807) is 6.08 Å². The van der Waals surface area contributed by atoms with Gasteiger partial charge in [-0.15, -0.1) is 0 Å². The van der Waals surface area contributed by atoms with E-state index in [0.717, 1.165) is 29.7 Å². The van der Waals surface area contributed by atoms with E-state index in [0.29, 0.717) is 6.04 Å². The van der Waals surface area contributed by atoms with Crippen molar-refractivity contribution < 1.29 is 4.79 Å². The number of allylic oxidation sites excluding steroid dienone is 1. The lowest BCUT2D eigenvalue weighted by molar-refractivity contribution is 0.105. The zero-order chi connectivity index (χ0) is 13.5. The summed E-state index contributed by atoms with van der Waals surface area (Å²) in [4.78, 5) is 12.0. The van der Waals surface area contributed by atoms with Crippen LogP contribution < -0.4 is 5.32 Å². The highest BCUT2D eigenvalue weighted by Gasteiger charge is 2.26. The van der Waals surface area contributed by atoms with Crippen LogP contribution in [0.1, 0.15) is 39.5 Å². The van der Waals surface area contributed by atoms with Crippen molar-refractivity contribution in [3.63, 3.8) is 0 Å². The molecular formula is C18H15NO. The Bertz CT molecular complexity index is 730. The number of fused-ring (bicyclic) bond motifs is 2. The molecule has 0 saturated carbocycles. The van der Waals surface area contributed by atoms with Crippen molar-refractivity contribution in [2.45, 2.75) is 18.9 Å². The minimum absolute atomic E-state index is 0.106. The molecule has 0 saturated heterocycles. The molecule has 0 amide bonds. The zero-order valence-corrected chi connectivity index (χ0v) is 11.1. The molecule has 20 heavy (non-hydrogen) atoms. The number of benzene rings is 2. The first kappa shape index (κ1) is 11.5. The Balaban J connectivity index is 1.66. The normalized spacial score (nSPS) is 19.5. The zero-order valence-electron chi connectivity index (χ0n) is 11.1. The van der Waals surface area contributed by atoms with E-state index in [9.17, 15) is 4.79 Å². The summed E-state index contributed by atoms with van der Waals surface area (Å²) in [5, 5.41) is 3.56. The van der Waals surface area contributed by atoms with Crippen molar-refractivity contribution in [1.82, 2.24) is 5.32 Å². The van der Waals surface area contributed by atoms with Gasteiger partial charge in [0.25, 0.3) is 0 Å². The molecule has 1 atom stereocenters. The Labute approximate surface area is 118 Å². The van der Waals surface area contributed by atoms with Gasteiger partial charge in [0.1, 0.15) is 0 Å². The molecule has 0 fully saturated rings. The van der Waals surface area contributed by atoms with Gasteiger partial charge in [-0.1, -0.05) is 48.5 Å². The SMILES string of the molecule is O=C1C=C(NC2CCc3ccccc32)c2ccccc21. The van der Waals surface area contributed by atoms with Gasteiger partial charge in [-0.3, -0.25) is 4.79 Å². The first-order valence-corrected chi connectivity index (χ1v) is 7.03. The highest BCUT2D eigenvalue weighted by atomic mass is 16.1. The van der Waals surface area contributed by atoms with Gasteiger partial charge >= 0.3 is 0 Å². The quantitative estimate of drug-likeness (QED) is 0.896. The molecule has 0 heterocycles. The summed E-state index contributed by atoms with van der Waals surface area (Å²) in [6.07, 6.45) is 3.93. The van der Waals surface area contributed by atoms with Crippen LogP contribution in [0.15, 0.2) is 54.6 Å². The molecule has 98 valence electrons. The number of nitrogens with one attached hydrogen (secondary N) is 1. The maximum Gasteiger partial charge on any atom is 0.188 e. The predicted octanol–water partition coefficient (Wildman–Crippen LogP) is 3.50. The van der Waals surface area contributed by atoms with Gasteiger partial charge in [0.15, 0.2) is 5.78 Å². The first-order valence-electron chi connectivity index (χ1n) is 7.03. The molecule has 2 aromatic carbocycles. The average Bonchev–Trinajstić information content (AvgIpc) is 3.03. The largest absolute Gasteiger partial charge is 0.378 e. The summed E-state index contributed by atoms with van der Waals surface area (Å²) in [5.74, 6) is 0.106. The second-order valence-electron chi connectivity index (χ2n) is 5.40. The highest BCUT2D eigenvalue weighted by molar-refractivity contribution is 6.16. The summed E-state index contributed by atoms with van der Waals surface area (Å²) in [6.45, 7) is 0. The minimum Gasteiger partial charge on any atom is -0.378 e. The van der Waals surface area contributed by atoms with Crippen LogP contribution >= 0.6 is 0 Å². The molecule has 0 aliphatic heterocycles. The van der Waals surface area contributed by atoms with Crippen LogP contribution in [0, 0.1) is 0 Å². The molecule has 1 N–H and O–H groups in total. The lowest BCUT2D eigenvalue weighted by Crippen LogP contribution is -2.17. The second kappa shape index (κ2) is 4.34. The number of aryl methyl sites for hydroxylation is 1. The van der Waals surface area contributed by atoms with Gasteiger partial charge in [0, 0.05) is 22.9 Å². The van der Waals surface area contributed by atoms with Crippen LogP contribution in [0.25, 0.3) is 5.70 Å². The fourth-order valence-electron chi connectivity index (χ4n) is 3.23. The number of ketones is 1. The summed E-state index contributed by atoms with van der Waals surface area (Å²) in [5.41, 5.74) is 5.59. The van der Waals surface area contributed by atoms with Gasteiger partial charge in [-0.25, -0.2) is 0 Å². The third-order valence-electron chi connectivity index (χ3n) is 4.22. The minimum atomic E-state index is 0.106. The fraction of sp³-hybridized carbons (Fsp3) is 0.167. The van der Waals surface area contributed by atoms with E-state index < -0.39 is 0 Å². The number of carbonyl (C=O) groups excluding carboxylic acids is 1. The molecule has 2 aliphatic rings. The molecule has 0 bridgehead atoms. The highest BCUT2D eigenvalue weighted by Crippen LogP contribution is 2.34. The molecule has 2 aromatic rings. The lowest BCUT2D eigenvalue weighted by atomic mass is 10.1. The van der Waals surface area contributed by atoms with Crippen LogP contribution in [0.2, 0.25) is 0 Å². The van der Waals surface area contributed by atoms with E-state index in [1.165, 1.54) is 11.1 Å². The van der Waals surface area contributed by atoms with Crippen molar-refractivity contribution in [2.75, 3.05) is 0 Å². The van der Waals surface area contributed by atoms with Gasteiger partial charge in [0.05, 0.1) is 6.04 Å². The fourth-order valence-corrected chi connectivity index (χ4v) is 3.23. The Kier molecular flexibility index (Phi) is 2.49. The van der Waals surface area contributed by atoms with Crippen molar-refractivity contribution in [1.29, 1.82) is 0 Å². The molecular weight excluding hydrogens is 246 g/mol. The van der Waals surface area contributed by atoms with Crippen LogP contribution in [0.4, 0.5) is 0 Å². The van der Waals surface area contributed by atoms with Gasteiger partial charge in [-0.2, -0.15) is 0 Å². The molecule has 2 nitrogen and oxygen atoms in total. The van der Waals surface area contributed by atoms with Crippen molar-refractivity contribution in [2.24, 2.45) is 0 Å². The van der Waals surface area contributed by atoms with Gasteiger partial charge < -0.3 is 5.32 Å². The Morgan fingerprint density at radius 3 is 2.60 bits per heavy atom. The average molecular weight is 261 g/mol. The summed E-state index contributed by atoms with van der Waals surface area (Å²) >= 11 is 0. The van der Waals surface area contributed by atoms with Crippen molar-refractivity contribution in [3.8, 4) is 0 Å². The third-order valence-corrected chi connectivity index (χ3v) is 4.22. The first-order chi connectivity index (χ1) is 9.83. The molecule has 4 rings (SSSR count). The second-order valence-corrected chi connectivity index (χ2v) is 5.40. The number of rotatable bonds is 2. The molecule has 2 heteroatoms. The van der Waals surface area contributed by atoms with E-state index in [2.05, 4.69) is 29.6 Å². The van der Waals surface area contributed by atoms with Gasteiger partial charge in [0.2, 0.25) is 0 Å². The predicted molar refractivity (Wildman–Crippen MR) is 79.4 cm³/mol. The lowest BCUT2D eigenvalue weighted by Gasteiger charge is -2.17. The van der Waals surface area contributed by atoms with Crippen molar-refractivity contribution in [3.05, 3.63) is 76.9 Å². The number of hydrogen-bond donors (Lipinski definition) is 1. The van der Waals surface area contributed by atoms with Crippen LogP contribution in [-0.4, -0.2) is 5.78 Å². The Morgan fingerprint density at radius 2 is 1.70 bits per heavy atom. The monoisotopic (exact) mass is 261 g/mol. The molecule has 0 radical (unpaired) electrons. The van der Waals surface area contributed by atoms with Gasteiger partial charge in [-0.05, 0) is 24.0 Å². The van der Waals surface area contributed by atoms with Crippen molar-refractivity contribution >= 4 is 11.5 Å². The van der Waals surface area contributed by atoms with E-state index in [4.69, 9.17) is 0 Å².